The number of aryl methyl sites for hydroxylation is 1. The predicted octanol–water partition coefficient (Wildman–Crippen LogP) is 3.79. The Morgan fingerprint density at radius 1 is 1.04 bits per heavy atom. The number of anilines is 1. The zero-order chi connectivity index (χ0) is 18.2. The quantitative estimate of drug-likeness (QED) is 0.603. The number of benzene rings is 2. The first kappa shape index (κ1) is 18.7. The lowest BCUT2D eigenvalue weighted by Gasteiger charge is -2.06. The van der Waals surface area contributed by atoms with Gasteiger partial charge in [-0.1, -0.05) is 47.5 Å². The first-order chi connectivity index (χ1) is 11.9. The fraction of sp³-hybridized carbons (Fsp3) is 0.211. The maximum Gasteiger partial charge on any atom is 0.306 e. The Balaban J connectivity index is 1.72. The van der Waals surface area contributed by atoms with Crippen molar-refractivity contribution in [2.24, 2.45) is 0 Å². The largest absolute Gasteiger partial charge is 0.457 e. The highest BCUT2D eigenvalue weighted by Crippen LogP contribution is 2.15. The molecule has 0 unspecified atom stereocenters. The Labute approximate surface area is 150 Å². The van der Waals surface area contributed by atoms with Gasteiger partial charge in [-0.3, -0.25) is 14.4 Å². The predicted molar refractivity (Wildman–Crippen MR) is 95.8 cm³/mol. The second-order valence-corrected chi connectivity index (χ2v) is 5.94. The van der Waals surface area contributed by atoms with E-state index >= 15 is 0 Å². The molecule has 25 heavy (non-hydrogen) atoms. The monoisotopic (exact) mass is 359 g/mol. The van der Waals surface area contributed by atoms with Gasteiger partial charge in [0.25, 0.3) is 0 Å². The molecular formula is C19H18ClNO4. The minimum absolute atomic E-state index is 0.0376. The zero-order valence-corrected chi connectivity index (χ0v) is 14.5. The van der Waals surface area contributed by atoms with Crippen molar-refractivity contribution in [2.75, 3.05) is 11.9 Å². The normalized spacial score (nSPS) is 10.2. The number of hydrogen-bond donors (Lipinski definition) is 1. The molecule has 6 heteroatoms. The number of esters is 1. The van der Waals surface area contributed by atoms with E-state index < -0.39 is 5.97 Å². The molecule has 0 bridgehead atoms. The van der Waals surface area contributed by atoms with E-state index in [1.54, 1.807) is 36.4 Å². The van der Waals surface area contributed by atoms with E-state index in [0.717, 1.165) is 5.56 Å². The molecule has 0 saturated heterocycles. The molecule has 0 heterocycles. The van der Waals surface area contributed by atoms with E-state index in [0.29, 0.717) is 16.3 Å². The van der Waals surface area contributed by atoms with Crippen LogP contribution in [0.3, 0.4) is 0 Å². The van der Waals surface area contributed by atoms with Gasteiger partial charge in [0.2, 0.25) is 5.91 Å². The topological polar surface area (TPSA) is 72.5 Å². The number of amides is 1. The Morgan fingerprint density at radius 2 is 1.76 bits per heavy atom. The summed E-state index contributed by atoms with van der Waals surface area (Å²) in [5.41, 5.74) is 2.08. The van der Waals surface area contributed by atoms with Gasteiger partial charge in [0, 0.05) is 22.7 Å². The average Bonchev–Trinajstić information content (AvgIpc) is 2.58. The summed E-state index contributed by atoms with van der Waals surface area (Å²) in [6.45, 7) is 1.58. The smallest absolute Gasteiger partial charge is 0.306 e. The molecule has 0 aliphatic rings. The van der Waals surface area contributed by atoms with E-state index in [-0.39, 0.29) is 31.1 Å². The minimum Gasteiger partial charge on any atom is -0.457 e. The highest BCUT2D eigenvalue weighted by Gasteiger charge is 2.12. The van der Waals surface area contributed by atoms with Crippen LogP contribution in [-0.4, -0.2) is 24.3 Å². The van der Waals surface area contributed by atoms with E-state index in [2.05, 4.69) is 5.32 Å². The molecule has 0 saturated carbocycles. The molecule has 2 aromatic rings. The van der Waals surface area contributed by atoms with Gasteiger partial charge < -0.3 is 10.1 Å². The van der Waals surface area contributed by atoms with E-state index in [1.807, 2.05) is 19.1 Å². The Kier molecular flexibility index (Phi) is 6.71. The van der Waals surface area contributed by atoms with Gasteiger partial charge in [-0.15, -0.1) is 0 Å². The lowest BCUT2D eigenvalue weighted by molar-refractivity contribution is -0.143. The zero-order valence-electron chi connectivity index (χ0n) is 13.8. The number of carbonyl (C=O) groups is 3. The van der Waals surface area contributed by atoms with E-state index in [1.165, 1.54) is 0 Å². The number of carbonyl (C=O) groups excluding carboxylic acids is 3. The van der Waals surface area contributed by atoms with E-state index in [4.69, 9.17) is 16.3 Å². The van der Waals surface area contributed by atoms with Crippen molar-refractivity contribution in [3.63, 3.8) is 0 Å². The summed E-state index contributed by atoms with van der Waals surface area (Å²) in [6.07, 6.45) is -0.141. The number of rotatable bonds is 7. The van der Waals surface area contributed by atoms with Crippen molar-refractivity contribution in [3.05, 3.63) is 64.7 Å². The maximum absolute atomic E-state index is 11.9. The van der Waals surface area contributed by atoms with Gasteiger partial charge in [0.15, 0.2) is 12.4 Å². The van der Waals surface area contributed by atoms with Crippen LogP contribution < -0.4 is 5.32 Å². The number of ether oxygens (including phenoxy) is 1. The third-order valence-corrected chi connectivity index (χ3v) is 3.64. The van der Waals surface area contributed by atoms with Crippen LogP contribution in [0.4, 0.5) is 5.69 Å². The van der Waals surface area contributed by atoms with Crippen molar-refractivity contribution >= 4 is 34.9 Å². The second-order valence-electron chi connectivity index (χ2n) is 5.51. The molecule has 2 rings (SSSR count). The summed E-state index contributed by atoms with van der Waals surface area (Å²) in [7, 11) is 0. The third-order valence-electron chi connectivity index (χ3n) is 3.40. The van der Waals surface area contributed by atoms with Gasteiger partial charge >= 0.3 is 5.97 Å². The summed E-state index contributed by atoms with van der Waals surface area (Å²) in [5, 5.41) is 3.14. The molecule has 1 N–H and O–H groups in total. The van der Waals surface area contributed by atoms with Gasteiger partial charge in [-0.05, 0) is 25.1 Å². The van der Waals surface area contributed by atoms with Crippen LogP contribution in [0.5, 0.6) is 0 Å². The molecule has 0 aromatic heterocycles. The van der Waals surface area contributed by atoms with Crippen molar-refractivity contribution in [3.8, 4) is 0 Å². The molecule has 0 fully saturated rings. The number of hydrogen-bond acceptors (Lipinski definition) is 4. The highest BCUT2D eigenvalue weighted by molar-refractivity contribution is 6.30. The lowest BCUT2D eigenvalue weighted by Crippen LogP contribution is -2.17. The van der Waals surface area contributed by atoms with Crippen LogP contribution in [0.2, 0.25) is 5.02 Å². The summed E-state index contributed by atoms with van der Waals surface area (Å²) >= 11 is 5.83. The lowest BCUT2D eigenvalue weighted by atomic mass is 10.1. The van der Waals surface area contributed by atoms with Gasteiger partial charge in [-0.2, -0.15) is 0 Å². The fourth-order valence-corrected chi connectivity index (χ4v) is 2.24. The van der Waals surface area contributed by atoms with Crippen molar-refractivity contribution in [2.45, 2.75) is 19.8 Å². The number of ketones is 1. The van der Waals surface area contributed by atoms with Crippen LogP contribution in [0.1, 0.15) is 28.8 Å². The highest BCUT2D eigenvalue weighted by atomic mass is 35.5. The Bertz CT molecular complexity index is 771. The van der Waals surface area contributed by atoms with Crippen LogP contribution >= 0.6 is 11.6 Å². The molecular weight excluding hydrogens is 342 g/mol. The van der Waals surface area contributed by atoms with Crippen LogP contribution in [-0.2, 0) is 14.3 Å². The Hall–Kier alpha value is -2.66. The molecule has 1 amide bonds. The van der Waals surface area contributed by atoms with Crippen LogP contribution in [0.15, 0.2) is 48.5 Å². The first-order valence-electron chi connectivity index (χ1n) is 7.75. The molecule has 130 valence electrons. The van der Waals surface area contributed by atoms with Gasteiger partial charge in [-0.25, -0.2) is 0 Å². The average molecular weight is 360 g/mol. The SMILES string of the molecule is Cc1ccc(C(=O)COC(=O)CCC(=O)Nc2cccc(Cl)c2)cc1. The van der Waals surface area contributed by atoms with Gasteiger partial charge in [0.1, 0.15) is 0 Å². The summed E-state index contributed by atoms with van der Waals surface area (Å²) < 4.78 is 4.92. The van der Waals surface area contributed by atoms with Crippen LogP contribution in [0, 0.1) is 6.92 Å². The standard InChI is InChI=1S/C19H18ClNO4/c1-13-5-7-14(8-6-13)17(22)12-25-19(24)10-9-18(23)21-16-4-2-3-15(20)11-16/h2-8,11H,9-10,12H2,1H3,(H,21,23). The van der Waals surface area contributed by atoms with Crippen LogP contribution in [0.25, 0.3) is 0 Å². The minimum atomic E-state index is -0.596. The van der Waals surface area contributed by atoms with Crippen molar-refractivity contribution in [1.29, 1.82) is 0 Å². The summed E-state index contributed by atoms with van der Waals surface area (Å²) in [4.78, 5) is 35.4. The number of nitrogens with one attached hydrogen (secondary N) is 1. The molecule has 0 spiro atoms. The summed E-state index contributed by atoms with van der Waals surface area (Å²) in [6, 6.07) is 13.7. The molecule has 5 nitrogen and oxygen atoms in total. The van der Waals surface area contributed by atoms with E-state index in [9.17, 15) is 14.4 Å². The van der Waals surface area contributed by atoms with Crippen molar-refractivity contribution < 1.29 is 19.1 Å². The molecule has 2 aromatic carbocycles. The number of halogens is 1. The summed E-state index contributed by atoms with van der Waals surface area (Å²) in [5.74, 6) is -1.21. The third kappa shape index (κ3) is 6.39. The van der Waals surface area contributed by atoms with Gasteiger partial charge in [0.05, 0.1) is 6.42 Å². The molecule has 0 aliphatic heterocycles. The first-order valence-corrected chi connectivity index (χ1v) is 8.13. The fourth-order valence-electron chi connectivity index (χ4n) is 2.05. The molecule has 0 radical (unpaired) electrons. The maximum atomic E-state index is 11.9. The number of Topliss-reactive ketones (excluding diaryl/α,β-unsaturated/α-hetero) is 1. The second kappa shape index (κ2) is 8.99. The van der Waals surface area contributed by atoms with Crippen molar-refractivity contribution in [1.82, 2.24) is 0 Å². The Morgan fingerprint density at radius 3 is 2.44 bits per heavy atom. The molecule has 0 atom stereocenters. The molecule has 0 aliphatic carbocycles.